The van der Waals surface area contributed by atoms with E-state index in [2.05, 4.69) is 4.72 Å². The third-order valence-electron chi connectivity index (χ3n) is 2.17. The molecule has 1 N–H and O–H groups in total. The normalized spacial score (nSPS) is 11.1. The Kier molecular flexibility index (Phi) is 6.24. The summed E-state index contributed by atoms with van der Waals surface area (Å²) in [5, 5.41) is 0. The molecule has 0 radical (unpaired) electrons. The van der Waals surface area contributed by atoms with Gasteiger partial charge in [0, 0.05) is 11.9 Å². The minimum atomic E-state index is -3.47. The van der Waals surface area contributed by atoms with Crippen molar-refractivity contribution in [2.24, 2.45) is 0 Å². The Balaban J connectivity index is 3.03. The number of ether oxygens (including phenoxy) is 2. The van der Waals surface area contributed by atoms with Crippen molar-refractivity contribution in [1.29, 1.82) is 0 Å². The summed E-state index contributed by atoms with van der Waals surface area (Å²) in [5.74, 6) is 0.919. The SMILES string of the molecule is CCOc1ccc(OCC)c(NS(=O)(=O)CCCl)c1. The molecule has 108 valence electrons. The van der Waals surface area contributed by atoms with Crippen LogP contribution >= 0.6 is 11.6 Å². The summed E-state index contributed by atoms with van der Waals surface area (Å²) < 4.78 is 36.6. The largest absolute Gasteiger partial charge is 0.494 e. The van der Waals surface area contributed by atoms with Crippen LogP contribution in [0.4, 0.5) is 5.69 Å². The minimum absolute atomic E-state index is 0.0322. The third kappa shape index (κ3) is 5.16. The van der Waals surface area contributed by atoms with Crippen LogP contribution in [0.1, 0.15) is 13.8 Å². The van der Waals surface area contributed by atoms with E-state index in [0.29, 0.717) is 30.4 Å². The van der Waals surface area contributed by atoms with Gasteiger partial charge in [-0.15, -0.1) is 11.6 Å². The van der Waals surface area contributed by atoms with Crippen molar-refractivity contribution in [3.05, 3.63) is 18.2 Å². The molecule has 0 saturated heterocycles. The fourth-order valence-corrected chi connectivity index (χ4v) is 2.86. The zero-order chi connectivity index (χ0) is 14.3. The summed E-state index contributed by atoms with van der Waals surface area (Å²) in [6.07, 6.45) is 0. The summed E-state index contributed by atoms with van der Waals surface area (Å²) in [4.78, 5) is 0. The van der Waals surface area contributed by atoms with Gasteiger partial charge < -0.3 is 9.47 Å². The fourth-order valence-electron chi connectivity index (χ4n) is 1.45. The molecule has 0 unspecified atom stereocenters. The molecule has 1 aromatic carbocycles. The molecule has 5 nitrogen and oxygen atoms in total. The molecule has 0 heterocycles. The molecular formula is C12H18ClNO4S. The number of benzene rings is 1. The van der Waals surface area contributed by atoms with Crippen LogP contribution in [0.5, 0.6) is 11.5 Å². The van der Waals surface area contributed by atoms with Crippen LogP contribution in [0, 0.1) is 0 Å². The predicted octanol–water partition coefficient (Wildman–Crippen LogP) is 2.46. The van der Waals surface area contributed by atoms with Gasteiger partial charge in [0.25, 0.3) is 0 Å². The van der Waals surface area contributed by atoms with Crippen LogP contribution in [0.15, 0.2) is 18.2 Å². The number of nitrogens with one attached hydrogen (secondary N) is 1. The van der Waals surface area contributed by atoms with Crippen LogP contribution in [0.25, 0.3) is 0 Å². The van der Waals surface area contributed by atoms with Crippen LogP contribution in [-0.4, -0.2) is 33.3 Å². The van der Waals surface area contributed by atoms with Gasteiger partial charge in [-0.3, -0.25) is 4.72 Å². The van der Waals surface area contributed by atoms with E-state index in [-0.39, 0.29) is 11.6 Å². The third-order valence-corrected chi connectivity index (χ3v) is 3.86. The zero-order valence-electron chi connectivity index (χ0n) is 11.0. The summed E-state index contributed by atoms with van der Waals surface area (Å²) in [6, 6.07) is 5.00. The Morgan fingerprint density at radius 1 is 1.21 bits per heavy atom. The number of halogens is 1. The molecule has 0 bridgehead atoms. The van der Waals surface area contributed by atoms with Crippen LogP contribution < -0.4 is 14.2 Å². The van der Waals surface area contributed by atoms with E-state index in [0.717, 1.165) is 0 Å². The highest BCUT2D eigenvalue weighted by Crippen LogP contribution is 2.30. The number of anilines is 1. The summed E-state index contributed by atoms with van der Waals surface area (Å²) in [5.41, 5.74) is 0.359. The van der Waals surface area contributed by atoms with Crippen LogP contribution in [-0.2, 0) is 10.0 Å². The lowest BCUT2D eigenvalue weighted by Crippen LogP contribution is -2.18. The second-order valence-electron chi connectivity index (χ2n) is 3.63. The molecule has 0 aliphatic heterocycles. The fraction of sp³-hybridized carbons (Fsp3) is 0.500. The van der Waals surface area contributed by atoms with E-state index in [1.54, 1.807) is 18.2 Å². The molecule has 0 aliphatic carbocycles. The van der Waals surface area contributed by atoms with Crippen molar-refractivity contribution in [3.63, 3.8) is 0 Å². The molecule has 7 heteroatoms. The Morgan fingerprint density at radius 2 is 1.89 bits per heavy atom. The first-order chi connectivity index (χ1) is 9.02. The first-order valence-electron chi connectivity index (χ1n) is 5.98. The summed E-state index contributed by atoms with van der Waals surface area (Å²) in [7, 11) is -3.47. The van der Waals surface area contributed by atoms with E-state index in [1.807, 2.05) is 13.8 Å². The van der Waals surface area contributed by atoms with E-state index in [1.165, 1.54) is 0 Å². The zero-order valence-corrected chi connectivity index (χ0v) is 12.6. The van der Waals surface area contributed by atoms with Gasteiger partial charge >= 0.3 is 0 Å². The quantitative estimate of drug-likeness (QED) is 0.749. The predicted molar refractivity (Wildman–Crippen MR) is 76.9 cm³/mol. The Morgan fingerprint density at radius 3 is 2.47 bits per heavy atom. The Labute approximate surface area is 118 Å². The number of sulfonamides is 1. The maximum Gasteiger partial charge on any atom is 0.234 e. The van der Waals surface area contributed by atoms with Gasteiger partial charge in [0.15, 0.2) is 0 Å². The first kappa shape index (κ1) is 15.9. The number of hydrogen-bond acceptors (Lipinski definition) is 4. The molecule has 1 rings (SSSR count). The summed E-state index contributed by atoms with van der Waals surface area (Å²) in [6.45, 7) is 4.63. The van der Waals surface area contributed by atoms with Gasteiger partial charge in [-0.1, -0.05) is 0 Å². The van der Waals surface area contributed by atoms with Crippen molar-refractivity contribution < 1.29 is 17.9 Å². The van der Waals surface area contributed by atoms with Crippen molar-refractivity contribution in [1.82, 2.24) is 0 Å². The van der Waals surface area contributed by atoms with Gasteiger partial charge in [-0.2, -0.15) is 0 Å². The molecule has 1 aromatic rings. The first-order valence-corrected chi connectivity index (χ1v) is 8.17. The van der Waals surface area contributed by atoms with E-state index >= 15 is 0 Å². The number of hydrogen-bond donors (Lipinski definition) is 1. The number of alkyl halides is 1. The van der Waals surface area contributed by atoms with Crippen molar-refractivity contribution in [2.75, 3.05) is 29.6 Å². The Hall–Kier alpha value is -1.14. The lowest BCUT2D eigenvalue weighted by atomic mass is 10.3. The minimum Gasteiger partial charge on any atom is -0.494 e. The monoisotopic (exact) mass is 307 g/mol. The van der Waals surface area contributed by atoms with Crippen molar-refractivity contribution in [3.8, 4) is 11.5 Å². The molecule has 0 spiro atoms. The molecule has 0 atom stereocenters. The lowest BCUT2D eigenvalue weighted by Gasteiger charge is -2.14. The van der Waals surface area contributed by atoms with Gasteiger partial charge in [0.1, 0.15) is 11.5 Å². The molecule has 0 aromatic heterocycles. The summed E-state index contributed by atoms with van der Waals surface area (Å²) >= 11 is 5.46. The topological polar surface area (TPSA) is 64.6 Å². The van der Waals surface area contributed by atoms with Crippen LogP contribution in [0.2, 0.25) is 0 Å². The second kappa shape index (κ2) is 7.45. The smallest absolute Gasteiger partial charge is 0.234 e. The van der Waals surface area contributed by atoms with Gasteiger partial charge in [-0.25, -0.2) is 8.42 Å². The Bertz CT molecular complexity index is 504. The van der Waals surface area contributed by atoms with Gasteiger partial charge in [0.2, 0.25) is 10.0 Å². The van der Waals surface area contributed by atoms with E-state index in [9.17, 15) is 8.42 Å². The lowest BCUT2D eigenvalue weighted by molar-refractivity contribution is 0.332. The standard InChI is InChI=1S/C12H18ClNO4S/c1-3-17-10-5-6-12(18-4-2)11(9-10)14-19(15,16)8-7-13/h5-6,9,14H,3-4,7-8H2,1-2H3. The highest BCUT2D eigenvalue weighted by Gasteiger charge is 2.14. The molecule has 19 heavy (non-hydrogen) atoms. The van der Waals surface area contributed by atoms with Crippen molar-refractivity contribution in [2.45, 2.75) is 13.8 Å². The molecular weight excluding hydrogens is 290 g/mol. The molecule has 0 amide bonds. The highest BCUT2D eigenvalue weighted by atomic mass is 35.5. The molecule has 0 saturated carbocycles. The molecule has 0 aliphatic rings. The van der Waals surface area contributed by atoms with E-state index < -0.39 is 10.0 Å². The maximum atomic E-state index is 11.7. The average Bonchev–Trinajstić information content (AvgIpc) is 2.32. The maximum absolute atomic E-state index is 11.7. The second-order valence-corrected chi connectivity index (χ2v) is 5.85. The van der Waals surface area contributed by atoms with Crippen LogP contribution in [0.3, 0.4) is 0 Å². The average molecular weight is 308 g/mol. The van der Waals surface area contributed by atoms with Crippen molar-refractivity contribution >= 4 is 27.3 Å². The highest BCUT2D eigenvalue weighted by molar-refractivity contribution is 7.92. The van der Waals surface area contributed by atoms with Gasteiger partial charge in [-0.05, 0) is 26.0 Å². The van der Waals surface area contributed by atoms with E-state index in [4.69, 9.17) is 21.1 Å². The van der Waals surface area contributed by atoms with Gasteiger partial charge in [0.05, 0.1) is 24.7 Å². The molecule has 0 fully saturated rings. The number of rotatable bonds is 8.